The number of aryl methyl sites for hydroxylation is 1. The molecule has 1 aromatic heterocycles. The Kier molecular flexibility index (Phi) is 3.62. The van der Waals surface area contributed by atoms with Crippen molar-refractivity contribution in [2.75, 3.05) is 6.54 Å². The number of carbonyl (C=O) groups is 1. The number of amides is 1. The number of nitrogens with zero attached hydrogens (tertiary/aromatic N) is 3. The van der Waals surface area contributed by atoms with Gasteiger partial charge in [-0.2, -0.15) is 0 Å². The third-order valence-electron chi connectivity index (χ3n) is 3.08. The lowest BCUT2D eigenvalue weighted by atomic mass is 9.99. The normalized spacial score (nSPS) is 20.4. The highest BCUT2D eigenvalue weighted by Crippen LogP contribution is 2.30. The van der Waals surface area contributed by atoms with Crippen LogP contribution < -0.4 is 0 Å². The van der Waals surface area contributed by atoms with Gasteiger partial charge in [-0.1, -0.05) is 11.6 Å². The molecule has 17 heavy (non-hydrogen) atoms. The Balaban J connectivity index is 2.32. The van der Waals surface area contributed by atoms with Crippen molar-refractivity contribution in [1.29, 1.82) is 0 Å². The number of hydrogen-bond acceptors (Lipinski definition) is 3. The summed E-state index contributed by atoms with van der Waals surface area (Å²) >= 11 is 5.94. The maximum atomic E-state index is 11.6. The molecule has 0 saturated carbocycles. The average Bonchev–Trinajstić information content (AvgIpc) is 2.27. The lowest BCUT2D eigenvalue weighted by Gasteiger charge is -2.34. The predicted molar refractivity (Wildman–Crippen MR) is 65.8 cm³/mol. The maximum absolute atomic E-state index is 11.6. The first-order chi connectivity index (χ1) is 8.08. The van der Waals surface area contributed by atoms with Crippen LogP contribution in [0.1, 0.15) is 43.7 Å². The van der Waals surface area contributed by atoms with E-state index in [1.807, 2.05) is 11.8 Å². The number of likely N-dealkylation sites (tertiary alicyclic amines) is 1. The van der Waals surface area contributed by atoms with E-state index in [-0.39, 0.29) is 11.9 Å². The molecule has 1 amide bonds. The highest BCUT2D eigenvalue weighted by molar-refractivity contribution is 6.29. The molecule has 0 bridgehead atoms. The largest absolute Gasteiger partial charge is 0.334 e. The molecular formula is C12H16ClN3O. The van der Waals surface area contributed by atoms with Crippen LogP contribution >= 0.6 is 11.6 Å². The predicted octanol–water partition coefficient (Wildman–Crippen LogP) is 2.51. The van der Waals surface area contributed by atoms with Crippen molar-refractivity contribution in [2.24, 2.45) is 0 Å². The summed E-state index contributed by atoms with van der Waals surface area (Å²) in [5.41, 5.74) is 0.859. The van der Waals surface area contributed by atoms with Gasteiger partial charge in [-0.05, 0) is 32.3 Å². The highest BCUT2D eigenvalue weighted by Gasteiger charge is 2.27. The van der Waals surface area contributed by atoms with Gasteiger partial charge in [0.15, 0.2) is 0 Å². The second kappa shape index (κ2) is 5.00. The summed E-state index contributed by atoms with van der Waals surface area (Å²) < 4.78 is 0. The number of piperidine rings is 1. The molecule has 0 aromatic carbocycles. The number of carbonyl (C=O) groups excluding carboxylic acids is 1. The first-order valence-corrected chi connectivity index (χ1v) is 6.24. The van der Waals surface area contributed by atoms with E-state index in [1.165, 1.54) is 0 Å². The number of rotatable bonds is 1. The third kappa shape index (κ3) is 2.75. The Morgan fingerprint density at radius 1 is 1.47 bits per heavy atom. The molecule has 2 heterocycles. The fourth-order valence-corrected chi connectivity index (χ4v) is 2.57. The first kappa shape index (κ1) is 12.3. The highest BCUT2D eigenvalue weighted by atomic mass is 35.5. The van der Waals surface area contributed by atoms with Gasteiger partial charge in [0.1, 0.15) is 11.0 Å². The van der Waals surface area contributed by atoms with Crippen LogP contribution in [0.5, 0.6) is 0 Å². The monoisotopic (exact) mass is 253 g/mol. The van der Waals surface area contributed by atoms with Crippen LogP contribution in [-0.4, -0.2) is 27.3 Å². The molecule has 1 unspecified atom stereocenters. The van der Waals surface area contributed by atoms with Crippen LogP contribution in [0.15, 0.2) is 6.07 Å². The summed E-state index contributed by atoms with van der Waals surface area (Å²) in [4.78, 5) is 21.9. The van der Waals surface area contributed by atoms with Crippen LogP contribution in [0, 0.1) is 6.92 Å². The van der Waals surface area contributed by atoms with Gasteiger partial charge in [0.25, 0.3) is 0 Å². The van der Waals surface area contributed by atoms with E-state index in [0.717, 1.165) is 31.5 Å². The van der Waals surface area contributed by atoms with Crippen molar-refractivity contribution in [3.05, 3.63) is 22.7 Å². The molecule has 2 rings (SSSR count). The van der Waals surface area contributed by atoms with E-state index in [1.54, 1.807) is 13.0 Å². The SMILES string of the molecule is CC(=O)N1CCCCC1c1cc(Cl)nc(C)n1. The molecule has 1 aliphatic heterocycles. The van der Waals surface area contributed by atoms with Gasteiger partial charge < -0.3 is 4.90 Å². The summed E-state index contributed by atoms with van der Waals surface area (Å²) in [5.74, 6) is 0.753. The van der Waals surface area contributed by atoms with Crippen LogP contribution in [-0.2, 0) is 4.79 Å². The molecule has 4 nitrogen and oxygen atoms in total. The zero-order chi connectivity index (χ0) is 12.4. The van der Waals surface area contributed by atoms with Gasteiger partial charge in [0.05, 0.1) is 11.7 Å². The molecule has 1 aliphatic rings. The lowest BCUT2D eigenvalue weighted by molar-refractivity contribution is -0.132. The van der Waals surface area contributed by atoms with E-state index in [4.69, 9.17) is 11.6 Å². The third-order valence-corrected chi connectivity index (χ3v) is 3.27. The van der Waals surface area contributed by atoms with Crippen LogP contribution in [0.25, 0.3) is 0 Å². The minimum absolute atomic E-state index is 0.0560. The standard InChI is InChI=1S/C12H16ClN3O/c1-8-14-10(7-12(13)15-8)11-5-3-4-6-16(11)9(2)17/h7,11H,3-6H2,1-2H3. The van der Waals surface area contributed by atoms with Gasteiger partial charge in [0, 0.05) is 13.5 Å². The van der Waals surface area contributed by atoms with Gasteiger partial charge in [0.2, 0.25) is 5.91 Å². The number of hydrogen-bond donors (Lipinski definition) is 0. The Labute approximate surface area is 106 Å². The minimum atomic E-state index is 0.0560. The van der Waals surface area contributed by atoms with Gasteiger partial charge >= 0.3 is 0 Å². The Hall–Kier alpha value is -1.16. The Bertz CT molecular complexity index is 416. The second-order valence-corrected chi connectivity index (χ2v) is 4.77. The summed E-state index contributed by atoms with van der Waals surface area (Å²) in [6.45, 7) is 4.23. The maximum Gasteiger partial charge on any atom is 0.220 e. The Morgan fingerprint density at radius 3 is 2.88 bits per heavy atom. The van der Waals surface area contributed by atoms with E-state index in [2.05, 4.69) is 9.97 Å². The summed E-state index contributed by atoms with van der Waals surface area (Å²) in [6.07, 6.45) is 3.13. The number of aromatic nitrogens is 2. The average molecular weight is 254 g/mol. The smallest absolute Gasteiger partial charge is 0.220 e. The van der Waals surface area contributed by atoms with Gasteiger partial charge in [-0.3, -0.25) is 4.79 Å². The molecular weight excluding hydrogens is 238 g/mol. The molecule has 1 saturated heterocycles. The van der Waals surface area contributed by atoms with Gasteiger partial charge in [-0.15, -0.1) is 0 Å². The quantitative estimate of drug-likeness (QED) is 0.723. The molecule has 1 atom stereocenters. The first-order valence-electron chi connectivity index (χ1n) is 5.86. The van der Waals surface area contributed by atoms with E-state index >= 15 is 0 Å². The van der Waals surface area contributed by atoms with Crippen molar-refractivity contribution in [3.63, 3.8) is 0 Å². The van der Waals surface area contributed by atoms with E-state index < -0.39 is 0 Å². The topological polar surface area (TPSA) is 46.1 Å². The molecule has 0 spiro atoms. The zero-order valence-electron chi connectivity index (χ0n) is 10.1. The summed E-state index contributed by atoms with van der Waals surface area (Å²) in [6, 6.07) is 1.82. The fourth-order valence-electron chi connectivity index (χ4n) is 2.34. The van der Waals surface area contributed by atoms with Gasteiger partial charge in [-0.25, -0.2) is 9.97 Å². The van der Waals surface area contributed by atoms with Crippen molar-refractivity contribution < 1.29 is 4.79 Å². The van der Waals surface area contributed by atoms with E-state index in [9.17, 15) is 4.79 Å². The van der Waals surface area contributed by atoms with Crippen molar-refractivity contribution in [3.8, 4) is 0 Å². The fraction of sp³-hybridized carbons (Fsp3) is 0.583. The number of halogens is 1. The second-order valence-electron chi connectivity index (χ2n) is 4.39. The zero-order valence-corrected chi connectivity index (χ0v) is 10.9. The van der Waals surface area contributed by atoms with Crippen LogP contribution in [0.4, 0.5) is 0 Å². The lowest BCUT2D eigenvalue weighted by Crippen LogP contribution is -2.37. The summed E-state index contributed by atoms with van der Waals surface area (Å²) in [5, 5.41) is 0.446. The summed E-state index contributed by atoms with van der Waals surface area (Å²) in [7, 11) is 0. The molecule has 1 fully saturated rings. The molecule has 5 heteroatoms. The molecule has 92 valence electrons. The van der Waals surface area contributed by atoms with Crippen molar-refractivity contribution in [2.45, 2.75) is 39.2 Å². The van der Waals surface area contributed by atoms with Crippen molar-refractivity contribution >= 4 is 17.5 Å². The van der Waals surface area contributed by atoms with E-state index in [0.29, 0.717) is 11.0 Å². The molecule has 0 radical (unpaired) electrons. The molecule has 1 aromatic rings. The molecule has 0 aliphatic carbocycles. The minimum Gasteiger partial charge on any atom is -0.334 e. The molecule has 0 N–H and O–H groups in total. The van der Waals surface area contributed by atoms with Crippen LogP contribution in [0.2, 0.25) is 5.15 Å². The van der Waals surface area contributed by atoms with Crippen LogP contribution in [0.3, 0.4) is 0 Å². The van der Waals surface area contributed by atoms with Crippen molar-refractivity contribution in [1.82, 2.24) is 14.9 Å². The Morgan fingerprint density at radius 2 is 2.24 bits per heavy atom.